The molecule has 32 heavy (non-hydrogen) atoms. The SMILES string of the molecule is Cc1cc(Nc2ccc(F)cn2)cc(C2CCN(C(=O)CCOc3cccc(F)c3)C2)n1. The van der Waals surface area contributed by atoms with Gasteiger partial charge in [0.1, 0.15) is 23.2 Å². The van der Waals surface area contributed by atoms with Crippen LogP contribution >= 0.6 is 0 Å². The summed E-state index contributed by atoms with van der Waals surface area (Å²) < 4.78 is 31.8. The molecule has 1 unspecified atom stereocenters. The molecule has 1 aliphatic rings. The van der Waals surface area contributed by atoms with Gasteiger partial charge in [-0.15, -0.1) is 0 Å². The third-order valence-corrected chi connectivity index (χ3v) is 5.31. The molecule has 166 valence electrons. The molecule has 6 nitrogen and oxygen atoms in total. The molecule has 8 heteroatoms. The third kappa shape index (κ3) is 5.57. The lowest BCUT2D eigenvalue weighted by Crippen LogP contribution is -2.29. The average Bonchev–Trinajstić information content (AvgIpc) is 3.26. The molecule has 2 aromatic heterocycles. The zero-order valence-corrected chi connectivity index (χ0v) is 17.7. The van der Waals surface area contributed by atoms with E-state index in [-0.39, 0.29) is 36.5 Å². The van der Waals surface area contributed by atoms with E-state index in [9.17, 15) is 13.6 Å². The monoisotopic (exact) mass is 438 g/mol. The van der Waals surface area contributed by atoms with E-state index >= 15 is 0 Å². The first-order chi connectivity index (χ1) is 15.5. The largest absolute Gasteiger partial charge is 0.493 e. The zero-order chi connectivity index (χ0) is 22.5. The van der Waals surface area contributed by atoms with Crippen LogP contribution in [0.15, 0.2) is 54.7 Å². The summed E-state index contributed by atoms with van der Waals surface area (Å²) in [4.78, 5) is 23.1. The smallest absolute Gasteiger partial charge is 0.226 e. The first-order valence-corrected chi connectivity index (χ1v) is 10.5. The van der Waals surface area contributed by atoms with E-state index in [1.807, 2.05) is 24.0 Å². The van der Waals surface area contributed by atoms with Crippen LogP contribution in [0, 0.1) is 18.6 Å². The molecule has 0 aliphatic carbocycles. The number of benzene rings is 1. The Labute approximate surface area is 185 Å². The normalized spacial score (nSPS) is 15.6. The second kappa shape index (κ2) is 9.72. The van der Waals surface area contributed by atoms with Gasteiger partial charge < -0.3 is 15.0 Å². The predicted octanol–water partition coefficient (Wildman–Crippen LogP) is 4.59. The number of halogens is 2. The Morgan fingerprint density at radius 2 is 2.06 bits per heavy atom. The highest BCUT2D eigenvalue weighted by molar-refractivity contribution is 5.76. The Balaban J connectivity index is 1.33. The van der Waals surface area contributed by atoms with E-state index in [1.165, 1.54) is 18.2 Å². The Hall–Kier alpha value is -3.55. The second-order valence-corrected chi connectivity index (χ2v) is 7.79. The van der Waals surface area contributed by atoms with Crippen LogP contribution in [-0.2, 0) is 4.79 Å². The van der Waals surface area contributed by atoms with E-state index in [0.717, 1.165) is 29.7 Å². The van der Waals surface area contributed by atoms with Gasteiger partial charge in [0.2, 0.25) is 5.91 Å². The van der Waals surface area contributed by atoms with Crippen LogP contribution < -0.4 is 10.1 Å². The molecule has 0 saturated carbocycles. The number of nitrogens with zero attached hydrogens (tertiary/aromatic N) is 3. The van der Waals surface area contributed by atoms with Crippen LogP contribution in [0.4, 0.5) is 20.3 Å². The molecule has 4 rings (SSSR count). The van der Waals surface area contributed by atoms with Gasteiger partial charge in [-0.05, 0) is 49.7 Å². The minimum Gasteiger partial charge on any atom is -0.493 e. The molecule has 1 fully saturated rings. The maximum Gasteiger partial charge on any atom is 0.226 e. The number of carbonyl (C=O) groups is 1. The number of likely N-dealkylation sites (tertiary alicyclic amines) is 1. The highest BCUT2D eigenvalue weighted by Gasteiger charge is 2.28. The number of aromatic nitrogens is 2. The number of hydrogen-bond acceptors (Lipinski definition) is 5. The number of nitrogens with one attached hydrogen (secondary N) is 1. The van der Waals surface area contributed by atoms with E-state index in [4.69, 9.17) is 4.74 Å². The van der Waals surface area contributed by atoms with Crippen LogP contribution in [0.5, 0.6) is 5.75 Å². The van der Waals surface area contributed by atoms with Gasteiger partial charge in [-0.2, -0.15) is 0 Å². The summed E-state index contributed by atoms with van der Waals surface area (Å²) in [6.45, 7) is 3.35. The van der Waals surface area contributed by atoms with Crippen molar-refractivity contribution in [1.82, 2.24) is 14.9 Å². The average molecular weight is 438 g/mol. The highest BCUT2D eigenvalue weighted by atomic mass is 19.1. The first-order valence-electron chi connectivity index (χ1n) is 10.5. The van der Waals surface area contributed by atoms with Gasteiger partial charge in [0, 0.05) is 42.1 Å². The van der Waals surface area contributed by atoms with Crippen LogP contribution in [0.1, 0.15) is 30.1 Å². The van der Waals surface area contributed by atoms with Crippen molar-refractivity contribution >= 4 is 17.4 Å². The fourth-order valence-electron chi connectivity index (χ4n) is 3.77. The van der Waals surface area contributed by atoms with Crippen molar-refractivity contribution in [2.75, 3.05) is 25.0 Å². The Kier molecular flexibility index (Phi) is 6.58. The fraction of sp³-hybridized carbons (Fsp3) is 0.292. The van der Waals surface area contributed by atoms with Gasteiger partial charge in [0.25, 0.3) is 0 Å². The number of anilines is 2. The number of hydrogen-bond donors (Lipinski definition) is 1. The van der Waals surface area contributed by atoms with E-state index in [0.29, 0.717) is 24.7 Å². The van der Waals surface area contributed by atoms with Crippen molar-refractivity contribution in [2.24, 2.45) is 0 Å². The zero-order valence-electron chi connectivity index (χ0n) is 17.7. The number of amides is 1. The topological polar surface area (TPSA) is 67.4 Å². The maximum atomic E-state index is 13.2. The summed E-state index contributed by atoms with van der Waals surface area (Å²) in [5, 5.41) is 3.18. The quantitative estimate of drug-likeness (QED) is 0.584. The van der Waals surface area contributed by atoms with Crippen molar-refractivity contribution in [2.45, 2.75) is 25.7 Å². The van der Waals surface area contributed by atoms with Gasteiger partial charge in [-0.25, -0.2) is 13.8 Å². The van der Waals surface area contributed by atoms with Crippen molar-refractivity contribution in [3.05, 3.63) is 77.8 Å². The van der Waals surface area contributed by atoms with E-state index in [2.05, 4.69) is 15.3 Å². The summed E-state index contributed by atoms with van der Waals surface area (Å²) >= 11 is 0. The first kappa shape index (κ1) is 21.7. The predicted molar refractivity (Wildman–Crippen MR) is 117 cm³/mol. The molecule has 1 aliphatic heterocycles. The fourth-order valence-corrected chi connectivity index (χ4v) is 3.77. The van der Waals surface area contributed by atoms with Crippen LogP contribution in [0.2, 0.25) is 0 Å². The van der Waals surface area contributed by atoms with Crippen LogP contribution in [-0.4, -0.2) is 40.5 Å². The summed E-state index contributed by atoms with van der Waals surface area (Å²) in [6, 6.07) is 12.7. The Morgan fingerprint density at radius 1 is 1.19 bits per heavy atom. The lowest BCUT2D eigenvalue weighted by Gasteiger charge is -2.17. The molecule has 0 radical (unpaired) electrons. The third-order valence-electron chi connectivity index (χ3n) is 5.31. The minimum atomic E-state index is -0.390. The van der Waals surface area contributed by atoms with Gasteiger partial charge in [0.15, 0.2) is 0 Å². The number of carbonyl (C=O) groups excluding carboxylic acids is 1. The molecule has 1 N–H and O–H groups in total. The lowest BCUT2D eigenvalue weighted by atomic mass is 10.0. The minimum absolute atomic E-state index is 0.00502. The van der Waals surface area contributed by atoms with Gasteiger partial charge >= 0.3 is 0 Å². The van der Waals surface area contributed by atoms with E-state index < -0.39 is 0 Å². The van der Waals surface area contributed by atoms with Crippen molar-refractivity contribution in [3.8, 4) is 5.75 Å². The number of ether oxygens (including phenoxy) is 1. The molecule has 1 amide bonds. The molecular formula is C24H24F2N4O2. The van der Waals surface area contributed by atoms with Crippen molar-refractivity contribution in [1.29, 1.82) is 0 Å². The second-order valence-electron chi connectivity index (χ2n) is 7.79. The van der Waals surface area contributed by atoms with E-state index in [1.54, 1.807) is 18.2 Å². The highest BCUT2D eigenvalue weighted by Crippen LogP contribution is 2.29. The van der Waals surface area contributed by atoms with Gasteiger partial charge in [-0.1, -0.05) is 6.07 Å². The summed E-state index contributed by atoms with van der Waals surface area (Å²) in [5.41, 5.74) is 2.57. The molecule has 3 heterocycles. The van der Waals surface area contributed by atoms with Gasteiger partial charge in [0.05, 0.1) is 19.2 Å². The lowest BCUT2D eigenvalue weighted by molar-refractivity contribution is -0.130. The Morgan fingerprint density at radius 3 is 2.84 bits per heavy atom. The number of rotatable bonds is 7. The molecular weight excluding hydrogens is 414 g/mol. The molecule has 1 saturated heterocycles. The maximum absolute atomic E-state index is 13.2. The molecule has 0 bridgehead atoms. The standard InChI is InChI=1S/C24H24F2N4O2/c1-16-11-20(29-23-6-5-19(26)14-27-23)13-22(28-16)17-7-9-30(15-17)24(31)8-10-32-21-4-2-3-18(25)12-21/h2-6,11-14,17H,7-10,15H2,1H3,(H,27,28,29). The Bertz CT molecular complexity index is 1090. The number of pyridine rings is 2. The molecule has 0 spiro atoms. The van der Waals surface area contributed by atoms with Crippen LogP contribution in [0.3, 0.4) is 0 Å². The van der Waals surface area contributed by atoms with Gasteiger partial charge in [-0.3, -0.25) is 9.78 Å². The number of aryl methyl sites for hydroxylation is 1. The molecule has 3 aromatic rings. The van der Waals surface area contributed by atoms with Crippen LogP contribution in [0.25, 0.3) is 0 Å². The summed E-state index contributed by atoms with van der Waals surface area (Å²) in [6.07, 6.45) is 2.21. The summed E-state index contributed by atoms with van der Waals surface area (Å²) in [7, 11) is 0. The molecule has 1 atom stereocenters. The molecule has 1 aromatic carbocycles. The summed E-state index contributed by atoms with van der Waals surface area (Å²) in [5.74, 6) is 0.335. The van der Waals surface area contributed by atoms with Crippen molar-refractivity contribution in [3.63, 3.8) is 0 Å². The van der Waals surface area contributed by atoms with Crippen molar-refractivity contribution < 1.29 is 18.3 Å².